The predicted molar refractivity (Wildman–Crippen MR) is 80.0 cm³/mol. The number of carboxylic acid groups (broad SMARTS) is 1. The van der Waals surface area contributed by atoms with Gasteiger partial charge in [-0.3, -0.25) is 9.59 Å². The van der Waals surface area contributed by atoms with Gasteiger partial charge in [-0.1, -0.05) is 0 Å². The fourth-order valence-electron chi connectivity index (χ4n) is 3.03. The van der Waals surface area contributed by atoms with E-state index in [1.807, 2.05) is 6.92 Å². The van der Waals surface area contributed by atoms with Gasteiger partial charge < -0.3 is 19.5 Å². The Kier molecular flexibility index (Phi) is 4.90. The zero-order chi connectivity index (χ0) is 16.3. The summed E-state index contributed by atoms with van der Waals surface area (Å²) in [6.45, 7) is 2.31. The fraction of sp³-hybridized carbons (Fsp3) is 0.500. The van der Waals surface area contributed by atoms with Crippen molar-refractivity contribution in [2.75, 3.05) is 20.8 Å². The summed E-state index contributed by atoms with van der Waals surface area (Å²) in [5.74, 6) is -0.405. The van der Waals surface area contributed by atoms with Crippen molar-refractivity contribution >= 4 is 11.9 Å². The van der Waals surface area contributed by atoms with Crippen LogP contribution in [0.2, 0.25) is 0 Å². The number of carbonyl (C=O) groups excluding carboxylic acids is 1. The molecule has 0 saturated carbocycles. The second-order valence-corrected chi connectivity index (χ2v) is 5.22. The average Bonchev–Trinajstić information content (AvgIpc) is 2.53. The summed E-state index contributed by atoms with van der Waals surface area (Å²) in [6, 6.07) is 4.72. The number of hydrogen-bond donors (Lipinski definition) is 1. The van der Waals surface area contributed by atoms with Gasteiger partial charge in [-0.05, 0) is 25.5 Å². The highest BCUT2D eigenvalue weighted by Gasteiger charge is 2.41. The molecule has 1 aromatic carbocycles. The Hall–Kier alpha value is -2.24. The van der Waals surface area contributed by atoms with Crippen molar-refractivity contribution in [3.8, 4) is 11.5 Å². The molecule has 1 aliphatic heterocycles. The number of methoxy groups -OCH3 is 2. The molecule has 0 spiro atoms. The Bertz CT molecular complexity index is 570. The largest absolute Gasteiger partial charge is 0.497 e. The van der Waals surface area contributed by atoms with E-state index in [2.05, 4.69) is 0 Å². The number of carboxylic acids is 1. The van der Waals surface area contributed by atoms with E-state index in [0.29, 0.717) is 30.0 Å². The van der Waals surface area contributed by atoms with Crippen LogP contribution in [0.15, 0.2) is 18.2 Å². The molecule has 120 valence electrons. The molecule has 6 nitrogen and oxygen atoms in total. The second kappa shape index (κ2) is 6.68. The van der Waals surface area contributed by atoms with Gasteiger partial charge in [0.2, 0.25) is 5.91 Å². The molecule has 0 bridgehead atoms. The zero-order valence-corrected chi connectivity index (χ0v) is 13.0. The maximum atomic E-state index is 12.2. The first-order valence-corrected chi connectivity index (χ1v) is 7.27. The SMILES string of the molecule is CCN1C(=O)CCC(C(=O)O)C1c1ccc(OC)cc1OC. The number of rotatable bonds is 5. The van der Waals surface area contributed by atoms with Crippen molar-refractivity contribution in [1.29, 1.82) is 0 Å². The first kappa shape index (κ1) is 16.1. The average molecular weight is 307 g/mol. The van der Waals surface area contributed by atoms with Crippen LogP contribution < -0.4 is 9.47 Å². The number of amides is 1. The molecule has 22 heavy (non-hydrogen) atoms. The van der Waals surface area contributed by atoms with Gasteiger partial charge in [0.15, 0.2) is 0 Å². The minimum absolute atomic E-state index is 0.0251. The van der Waals surface area contributed by atoms with Gasteiger partial charge >= 0.3 is 5.97 Å². The Labute approximate surface area is 129 Å². The molecule has 1 heterocycles. The molecule has 1 N–H and O–H groups in total. The molecule has 1 aromatic rings. The minimum Gasteiger partial charge on any atom is -0.497 e. The van der Waals surface area contributed by atoms with Crippen LogP contribution in [-0.2, 0) is 9.59 Å². The maximum absolute atomic E-state index is 12.2. The lowest BCUT2D eigenvalue weighted by Gasteiger charge is -2.39. The molecule has 0 aromatic heterocycles. The van der Waals surface area contributed by atoms with E-state index in [1.54, 1.807) is 30.2 Å². The molecule has 0 aliphatic carbocycles. The van der Waals surface area contributed by atoms with Crippen LogP contribution in [0.1, 0.15) is 31.4 Å². The van der Waals surface area contributed by atoms with Gasteiger partial charge in [0.05, 0.1) is 26.2 Å². The van der Waals surface area contributed by atoms with Crippen molar-refractivity contribution in [3.63, 3.8) is 0 Å². The van der Waals surface area contributed by atoms with Crippen molar-refractivity contribution in [1.82, 2.24) is 4.90 Å². The number of nitrogens with zero attached hydrogens (tertiary/aromatic N) is 1. The number of ether oxygens (including phenoxy) is 2. The Balaban J connectivity index is 2.52. The predicted octanol–water partition coefficient (Wildman–Crippen LogP) is 2.09. The molecular weight excluding hydrogens is 286 g/mol. The van der Waals surface area contributed by atoms with E-state index in [0.717, 1.165) is 0 Å². The van der Waals surface area contributed by atoms with E-state index in [1.165, 1.54) is 7.11 Å². The molecular formula is C16H21NO5. The minimum atomic E-state index is -0.895. The van der Waals surface area contributed by atoms with Crippen LogP contribution in [0.3, 0.4) is 0 Å². The van der Waals surface area contributed by atoms with E-state index >= 15 is 0 Å². The van der Waals surface area contributed by atoms with Gasteiger partial charge in [0.1, 0.15) is 11.5 Å². The Morgan fingerprint density at radius 3 is 2.64 bits per heavy atom. The van der Waals surface area contributed by atoms with Crippen molar-refractivity contribution in [2.45, 2.75) is 25.8 Å². The molecule has 6 heteroatoms. The lowest BCUT2D eigenvalue weighted by Crippen LogP contribution is -2.45. The topological polar surface area (TPSA) is 76.1 Å². The van der Waals surface area contributed by atoms with Crippen molar-refractivity contribution < 1.29 is 24.2 Å². The van der Waals surface area contributed by atoms with Gasteiger partial charge in [-0.2, -0.15) is 0 Å². The van der Waals surface area contributed by atoms with Crippen molar-refractivity contribution in [2.24, 2.45) is 5.92 Å². The zero-order valence-electron chi connectivity index (χ0n) is 13.0. The highest BCUT2D eigenvalue weighted by atomic mass is 16.5. The van der Waals surface area contributed by atoms with Crippen LogP contribution in [0.5, 0.6) is 11.5 Å². The normalized spacial score (nSPS) is 21.6. The number of likely N-dealkylation sites (tertiary alicyclic amines) is 1. The third-order valence-corrected chi connectivity index (χ3v) is 4.12. The van der Waals surface area contributed by atoms with Gasteiger partial charge in [0, 0.05) is 24.6 Å². The van der Waals surface area contributed by atoms with E-state index in [-0.39, 0.29) is 12.3 Å². The first-order chi connectivity index (χ1) is 10.5. The maximum Gasteiger partial charge on any atom is 0.308 e. The highest BCUT2D eigenvalue weighted by Crippen LogP contribution is 2.41. The quantitative estimate of drug-likeness (QED) is 0.901. The molecule has 2 rings (SSSR count). The number of benzene rings is 1. The summed E-state index contributed by atoms with van der Waals surface area (Å²) in [6.07, 6.45) is 0.601. The second-order valence-electron chi connectivity index (χ2n) is 5.22. The van der Waals surface area contributed by atoms with Crippen LogP contribution >= 0.6 is 0 Å². The van der Waals surface area contributed by atoms with E-state index < -0.39 is 17.9 Å². The Morgan fingerprint density at radius 1 is 1.36 bits per heavy atom. The lowest BCUT2D eigenvalue weighted by molar-refractivity contribution is -0.151. The van der Waals surface area contributed by atoms with Gasteiger partial charge in [-0.15, -0.1) is 0 Å². The molecule has 1 fully saturated rings. The third kappa shape index (κ3) is 2.86. The first-order valence-electron chi connectivity index (χ1n) is 7.27. The van der Waals surface area contributed by atoms with Crippen LogP contribution in [0.25, 0.3) is 0 Å². The number of hydrogen-bond acceptors (Lipinski definition) is 4. The highest BCUT2D eigenvalue weighted by molar-refractivity contribution is 5.82. The molecule has 1 amide bonds. The smallest absolute Gasteiger partial charge is 0.308 e. The number of aliphatic carboxylic acids is 1. The lowest BCUT2D eigenvalue weighted by atomic mass is 9.84. The van der Waals surface area contributed by atoms with Crippen LogP contribution in [-0.4, -0.2) is 42.6 Å². The van der Waals surface area contributed by atoms with E-state index in [9.17, 15) is 14.7 Å². The van der Waals surface area contributed by atoms with Crippen LogP contribution in [0.4, 0.5) is 0 Å². The fourth-order valence-corrected chi connectivity index (χ4v) is 3.03. The summed E-state index contributed by atoms with van der Waals surface area (Å²) in [5, 5.41) is 9.53. The van der Waals surface area contributed by atoms with Gasteiger partial charge in [-0.25, -0.2) is 0 Å². The summed E-state index contributed by atoms with van der Waals surface area (Å²) < 4.78 is 10.6. The number of carbonyl (C=O) groups is 2. The summed E-state index contributed by atoms with van der Waals surface area (Å²) in [7, 11) is 3.08. The molecule has 0 radical (unpaired) electrons. The Morgan fingerprint density at radius 2 is 2.09 bits per heavy atom. The molecule has 2 atom stereocenters. The summed E-state index contributed by atoms with van der Waals surface area (Å²) >= 11 is 0. The third-order valence-electron chi connectivity index (χ3n) is 4.12. The molecule has 1 aliphatic rings. The summed E-state index contributed by atoms with van der Waals surface area (Å²) in [4.78, 5) is 25.4. The summed E-state index contributed by atoms with van der Waals surface area (Å²) in [5.41, 5.74) is 0.700. The standard InChI is InChI=1S/C16H21NO5/c1-4-17-14(18)8-7-12(16(19)20)15(17)11-6-5-10(21-2)9-13(11)22-3/h5-6,9,12,15H,4,7-8H2,1-3H3,(H,19,20). The monoisotopic (exact) mass is 307 g/mol. The van der Waals surface area contributed by atoms with Gasteiger partial charge in [0.25, 0.3) is 0 Å². The van der Waals surface area contributed by atoms with Crippen molar-refractivity contribution in [3.05, 3.63) is 23.8 Å². The number of piperidine rings is 1. The molecule has 1 saturated heterocycles. The van der Waals surface area contributed by atoms with Crippen LogP contribution in [0, 0.1) is 5.92 Å². The van der Waals surface area contributed by atoms with E-state index in [4.69, 9.17) is 9.47 Å². The molecule has 2 unspecified atom stereocenters.